The lowest BCUT2D eigenvalue weighted by molar-refractivity contribution is 0.445. The molecule has 1 heterocycles. The highest BCUT2D eigenvalue weighted by Crippen LogP contribution is 2.36. The van der Waals surface area contributed by atoms with E-state index in [2.05, 4.69) is 12.2 Å². The van der Waals surface area contributed by atoms with Crippen LogP contribution in [0, 0.1) is 0 Å². The lowest BCUT2D eigenvalue weighted by Gasteiger charge is -2.09. The van der Waals surface area contributed by atoms with Crippen molar-refractivity contribution in [1.82, 2.24) is 5.32 Å². The van der Waals surface area contributed by atoms with Gasteiger partial charge in [-0.3, -0.25) is 0 Å². The van der Waals surface area contributed by atoms with Crippen molar-refractivity contribution in [3.05, 3.63) is 45.1 Å². The molecule has 0 saturated carbocycles. The monoisotopic (exact) mass is 317 g/mol. The molecule has 0 amide bonds. The maximum absolute atomic E-state index is 6.17. The first-order valence-corrected chi connectivity index (χ1v) is 7.14. The second-order valence-corrected chi connectivity index (χ2v) is 5.45. The van der Waals surface area contributed by atoms with Gasteiger partial charge in [-0.05, 0) is 37.7 Å². The topological polar surface area (TPSA) is 25.2 Å². The van der Waals surface area contributed by atoms with Crippen molar-refractivity contribution in [1.29, 1.82) is 0 Å². The van der Waals surface area contributed by atoms with Gasteiger partial charge in [0.1, 0.15) is 11.5 Å². The van der Waals surface area contributed by atoms with E-state index in [0.717, 1.165) is 17.9 Å². The minimum atomic E-state index is 0.153. The van der Waals surface area contributed by atoms with Crippen molar-refractivity contribution in [2.75, 3.05) is 6.54 Å². The third-order valence-electron chi connectivity index (χ3n) is 2.84. The minimum Gasteiger partial charge on any atom is -0.459 e. The molecule has 102 valence electrons. The van der Waals surface area contributed by atoms with Crippen molar-refractivity contribution in [2.24, 2.45) is 0 Å². The summed E-state index contributed by atoms with van der Waals surface area (Å²) in [4.78, 5) is 0. The highest BCUT2D eigenvalue weighted by Gasteiger charge is 2.14. The Morgan fingerprint density at radius 1 is 1.11 bits per heavy atom. The molecule has 0 radical (unpaired) electrons. The molecule has 2 rings (SSSR count). The molecule has 0 aliphatic heterocycles. The first kappa shape index (κ1) is 14.7. The van der Waals surface area contributed by atoms with E-state index < -0.39 is 0 Å². The van der Waals surface area contributed by atoms with E-state index in [0.29, 0.717) is 20.8 Å². The Balaban J connectivity index is 2.35. The molecular weight excluding hydrogens is 305 g/mol. The number of benzene rings is 1. The molecule has 19 heavy (non-hydrogen) atoms. The standard InChI is InChI=1S/C14H14Cl3NO/c1-3-18-8(2)13-4-5-14(19-13)9-6-11(16)12(17)7-10(9)15/h4-8,18H,3H2,1-2H3. The number of nitrogens with one attached hydrogen (secondary N) is 1. The zero-order chi connectivity index (χ0) is 14.0. The second-order valence-electron chi connectivity index (χ2n) is 4.23. The van der Waals surface area contributed by atoms with Crippen molar-refractivity contribution in [3.63, 3.8) is 0 Å². The first-order chi connectivity index (χ1) is 9.02. The summed E-state index contributed by atoms with van der Waals surface area (Å²) in [5, 5.41) is 4.70. The van der Waals surface area contributed by atoms with Crippen LogP contribution in [-0.2, 0) is 0 Å². The summed E-state index contributed by atoms with van der Waals surface area (Å²) < 4.78 is 5.81. The Morgan fingerprint density at radius 3 is 2.47 bits per heavy atom. The van der Waals surface area contributed by atoms with Crippen LogP contribution in [-0.4, -0.2) is 6.54 Å². The van der Waals surface area contributed by atoms with Crippen LogP contribution in [0.2, 0.25) is 15.1 Å². The summed E-state index contributed by atoms with van der Waals surface area (Å²) in [6.07, 6.45) is 0. The van der Waals surface area contributed by atoms with Gasteiger partial charge in [-0.2, -0.15) is 0 Å². The second kappa shape index (κ2) is 6.19. The average Bonchev–Trinajstić information content (AvgIpc) is 2.83. The molecule has 0 saturated heterocycles. The number of halogens is 3. The van der Waals surface area contributed by atoms with Crippen LogP contribution in [0.5, 0.6) is 0 Å². The Hall–Kier alpha value is -0.670. The molecule has 1 atom stereocenters. The van der Waals surface area contributed by atoms with Crippen molar-refractivity contribution in [2.45, 2.75) is 19.9 Å². The molecule has 0 spiro atoms. The van der Waals surface area contributed by atoms with Crippen molar-refractivity contribution in [3.8, 4) is 11.3 Å². The van der Waals surface area contributed by atoms with Gasteiger partial charge in [-0.25, -0.2) is 0 Å². The molecule has 2 nitrogen and oxygen atoms in total. The number of hydrogen-bond donors (Lipinski definition) is 1. The Bertz CT molecular complexity index is 580. The summed E-state index contributed by atoms with van der Waals surface area (Å²) in [6, 6.07) is 7.31. The van der Waals surface area contributed by atoms with Crippen LogP contribution in [0.15, 0.2) is 28.7 Å². The SMILES string of the molecule is CCNC(C)c1ccc(-c2cc(Cl)c(Cl)cc2Cl)o1. The van der Waals surface area contributed by atoms with Gasteiger partial charge in [0.25, 0.3) is 0 Å². The molecule has 1 unspecified atom stereocenters. The predicted molar refractivity (Wildman–Crippen MR) is 81.3 cm³/mol. The van der Waals surface area contributed by atoms with E-state index in [1.807, 2.05) is 19.1 Å². The Kier molecular flexibility index (Phi) is 4.80. The van der Waals surface area contributed by atoms with E-state index in [9.17, 15) is 0 Å². The highest BCUT2D eigenvalue weighted by atomic mass is 35.5. The molecular formula is C14H14Cl3NO. The van der Waals surface area contributed by atoms with Gasteiger partial charge in [-0.15, -0.1) is 0 Å². The van der Waals surface area contributed by atoms with Crippen LogP contribution >= 0.6 is 34.8 Å². The van der Waals surface area contributed by atoms with Gasteiger partial charge in [0, 0.05) is 5.56 Å². The fraction of sp³-hybridized carbons (Fsp3) is 0.286. The minimum absolute atomic E-state index is 0.153. The van der Waals surface area contributed by atoms with E-state index in [1.54, 1.807) is 12.1 Å². The van der Waals surface area contributed by atoms with Gasteiger partial charge in [0.05, 0.1) is 21.1 Å². The number of hydrogen-bond acceptors (Lipinski definition) is 2. The van der Waals surface area contributed by atoms with Crippen LogP contribution in [0.1, 0.15) is 25.6 Å². The zero-order valence-electron chi connectivity index (χ0n) is 10.6. The molecule has 0 bridgehead atoms. The maximum Gasteiger partial charge on any atom is 0.135 e. The molecule has 1 aromatic heterocycles. The summed E-state index contributed by atoms with van der Waals surface area (Å²) in [5.74, 6) is 1.54. The third kappa shape index (κ3) is 3.26. The van der Waals surface area contributed by atoms with Crippen molar-refractivity contribution < 1.29 is 4.42 Å². The highest BCUT2D eigenvalue weighted by molar-refractivity contribution is 6.44. The van der Waals surface area contributed by atoms with Gasteiger partial charge in [0.2, 0.25) is 0 Å². The normalized spacial score (nSPS) is 12.7. The third-order valence-corrected chi connectivity index (χ3v) is 3.87. The van der Waals surface area contributed by atoms with Gasteiger partial charge >= 0.3 is 0 Å². The van der Waals surface area contributed by atoms with Crippen LogP contribution in [0.3, 0.4) is 0 Å². The van der Waals surface area contributed by atoms with Crippen LogP contribution < -0.4 is 5.32 Å². The lowest BCUT2D eigenvalue weighted by atomic mass is 10.2. The predicted octanol–water partition coefficient (Wildman–Crippen LogP) is 5.58. The van der Waals surface area contributed by atoms with Crippen LogP contribution in [0.4, 0.5) is 0 Å². The van der Waals surface area contributed by atoms with E-state index in [-0.39, 0.29) is 6.04 Å². The lowest BCUT2D eigenvalue weighted by Crippen LogP contribution is -2.16. The average molecular weight is 319 g/mol. The summed E-state index contributed by atoms with van der Waals surface area (Å²) >= 11 is 18.1. The van der Waals surface area contributed by atoms with Gasteiger partial charge in [0.15, 0.2) is 0 Å². The fourth-order valence-electron chi connectivity index (χ4n) is 1.85. The summed E-state index contributed by atoms with van der Waals surface area (Å²) in [7, 11) is 0. The van der Waals surface area contributed by atoms with Crippen LogP contribution in [0.25, 0.3) is 11.3 Å². The maximum atomic E-state index is 6.17. The zero-order valence-corrected chi connectivity index (χ0v) is 12.9. The molecule has 5 heteroatoms. The van der Waals surface area contributed by atoms with E-state index in [4.69, 9.17) is 39.2 Å². The summed E-state index contributed by atoms with van der Waals surface area (Å²) in [6.45, 7) is 4.98. The van der Waals surface area contributed by atoms with E-state index in [1.165, 1.54) is 0 Å². The molecule has 1 N–H and O–H groups in total. The fourth-order valence-corrected chi connectivity index (χ4v) is 2.49. The molecule has 0 aliphatic rings. The molecule has 1 aromatic carbocycles. The quantitative estimate of drug-likeness (QED) is 0.745. The molecule has 2 aromatic rings. The molecule has 0 fully saturated rings. The van der Waals surface area contributed by atoms with Crippen molar-refractivity contribution >= 4 is 34.8 Å². The summed E-state index contributed by atoms with van der Waals surface area (Å²) in [5.41, 5.74) is 0.742. The Labute approximate surface area is 127 Å². The molecule has 0 aliphatic carbocycles. The number of rotatable bonds is 4. The Morgan fingerprint density at radius 2 is 1.79 bits per heavy atom. The smallest absolute Gasteiger partial charge is 0.135 e. The van der Waals surface area contributed by atoms with Gasteiger partial charge < -0.3 is 9.73 Å². The first-order valence-electron chi connectivity index (χ1n) is 6.01. The largest absolute Gasteiger partial charge is 0.459 e. The van der Waals surface area contributed by atoms with Gasteiger partial charge in [-0.1, -0.05) is 41.7 Å². The van der Waals surface area contributed by atoms with E-state index >= 15 is 0 Å². The number of furan rings is 1.